The van der Waals surface area contributed by atoms with E-state index < -0.39 is 0 Å². The maximum absolute atomic E-state index is 8.84. The Morgan fingerprint density at radius 2 is 1.88 bits per heavy atom. The molecular formula is C12H8N4O. The van der Waals surface area contributed by atoms with E-state index in [0.29, 0.717) is 11.4 Å². The lowest BCUT2D eigenvalue weighted by Gasteiger charge is -2.06. The SMILES string of the molecule is COc1cccc(NC(C#N)=C(C#N)C#N)c1. The highest BCUT2D eigenvalue weighted by Crippen LogP contribution is 2.18. The highest BCUT2D eigenvalue weighted by Gasteiger charge is 2.06. The molecule has 0 spiro atoms. The summed E-state index contributed by atoms with van der Waals surface area (Å²) in [5.41, 5.74) is 0.238. The van der Waals surface area contributed by atoms with Crippen molar-refractivity contribution in [1.82, 2.24) is 0 Å². The number of benzene rings is 1. The van der Waals surface area contributed by atoms with Crippen molar-refractivity contribution in [1.29, 1.82) is 15.8 Å². The van der Waals surface area contributed by atoms with E-state index in [-0.39, 0.29) is 11.3 Å². The van der Waals surface area contributed by atoms with Crippen molar-refractivity contribution in [3.8, 4) is 24.0 Å². The summed E-state index contributed by atoms with van der Waals surface area (Å²) in [6.45, 7) is 0. The number of rotatable bonds is 3. The van der Waals surface area contributed by atoms with Crippen molar-refractivity contribution in [3.63, 3.8) is 0 Å². The van der Waals surface area contributed by atoms with Gasteiger partial charge in [0.05, 0.1) is 7.11 Å². The number of allylic oxidation sites excluding steroid dienone is 2. The molecule has 1 aromatic carbocycles. The number of hydrogen-bond acceptors (Lipinski definition) is 5. The average molecular weight is 224 g/mol. The van der Waals surface area contributed by atoms with Crippen LogP contribution in [0.2, 0.25) is 0 Å². The monoisotopic (exact) mass is 224 g/mol. The van der Waals surface area contributed by atoms with E-state index >= 15 is 0 Å². The second kappa shape index (κ2) is 5.80. The lowest BCUT2D eigenvalue weighted by molar-refractivity contribution is 0.415. The van der Waals surface area contributed by atoms with Crippen LogP contribution in [-0.2, 0) is 0 Å². The van der Waals surface area contributed by atoms with Crippen LogP contribution in [0, 0.1) is 34.0 Å². The summed E-state index contributed by atoms with van der Waals surface area (Å²) >= 11 is 0. The van der Waals surface area contributed by atoms with Gasteiger partial charge in [-0.2, -0.15) is 15.8 Å². The average Bonchev–Trinajstić information content (AvgIpc) is 2.39. The minimum absolute atomic E-state index is 0.0803. The molecule has 0 saturated carbocycles. The van der Waals surface area contributed by atoms with Crippen molar-refractivity contribution in [2.45, 2.75) is 0 Å². The molecule has 0 amide bonds. The van der Waals surface area contributed by atoms with Crippen LogP contribution in [0.4, 0.5) is 5.69 Å². The summed E-state index contributed by atoms with van der Waals surface area (Å²) in [5, 5.41) is 28.9. The zero-order valence-corrected chi connectivity index (χ0v) is 9.06. The molecule has 5 nitrogen and oxygen atoms in total. The molecule has 0 saturated heterocycles. The van der Waals surface area contributed by atoms with Gasteiger partial charge >= 0.3 is 0 Å². The van der Waals surface area contributed by atoms with Gasteiger partial charge < -0.3 is 10.1 Å². The first-order valence-electron chi connectivity index (χ1n) is 4.60. The van der Waals surface area contributed by atoms with Gasteiger partial charge in [0.1, 0.15) is 29.7 Å². The van der Waals surface area contributed by atoms with Crippen LogP contribution in [0.15, 0.2) is 35.5 Å². The number of nitrogens with zero attached hydrogens (tertiary/aromatic N) is 3. The molecule has 0 aliphatic rings. The van der Waals surface area contributed by atoms with Gasteiger partial charge in [-0.15, -0.1) is 0 Å². The zero-order chi connectivity index (χ0) is 12.7. The van der Waals surface area contributed by atoms with Crippen molar-refractivity contribution in [2.24, 2.45) is 0 Å². The topological polar surface area (TPSA) is 92.6 Å². The molecule has 82 valence electrons. The molecule has 17 heavy (non-hydrogen) atoms. The largest absolute Gasteiger partial charge is 0.497 e. The summed E-state index contributed by atoms with van der Waals surface area (Å²) < 4.78 is 5.01. The fourth-order valence-electron chi connectivity index (χ4n) is 1.13. The van der Waals surface area contributed by atoms with Crippen LogP contribution in [0.25, 0.3) is 0 Å². The number of anilines is 1. The van der Waals surface area contributed by atoms with Gasteiger partial charge in [-0.05, 0) is 12.1 Å². The van der Waals surface area contributed by atoms with Crippen LogP contribution in [-0.4, -0.2) is 7.11 Å². The second-order valence-corrected chi connectivity index (χ2v) is 2.94. The molecule has 0 aliphatic heterocycles. The maximum atomic E-state index is 8.84. The Balaban J connectivity index is 3.06. The quantitative estimate of drug-likeness (QED) is 0.792. The molecule has 0 heterocycles. The van der Waals surface area contributed by atoms with Crippen LogP contribution in [0.1, 0.15) is 0 Å². The molecular weight excluding hydrogens is 216 g/mol. The number of nitrogens with one attached hydrogen (secondary N) is 1. The highest BCUT2D eigenvalue weighted by molar-refractivity contribution is 5.59. The smallest absolute Gasteiger partial charge is 0.163 e. The third-order valence-corrected chi connectivity index (χ3v) is 1.92. The summed E-state index contributed by atoms with van der Waals surface area (Å²) in [6, 6.07) is 11.9. The molecule has 0 atom stereocenters. The van der Waals surface area contributed by atoms with E-state index in [9.17, 15) is 0 Å². The second-order valence-electron chi connectivity index (χ2n) is 2.94. The molecule has 0 radical (unpaired) electrons. The zero-order valence-electron chi connectivity index (χ0n) is 9.06. The normalized spacial score (nSPS) is 8.12. The first-order valence-corrected chi connectivity index (χ1v) is 4.60. The summed E-state index contributed by atoms with van der Waals surface area (Å²) in [5.74, 6) is 0.614. The third kappa shape index (κ3) is 2.99. The number of hydrogen-bond donors (Lipinski definition) is 1. The predicted molar refractivity (Wildman–Crippen MR) is 60.5 cm³/mol. The lowest BCUT2D eigenvalue weighted by Crippen LogP contribution is -2.00. The van der Waals surface area contributed by atoms with Crippen molar-refractivity contribution < 1.29 is 4.74 Å². The molecule has 0 bridgehead atoms. The van der Waals surface area contributed by atoms with E-state index in [1.54, 1.807) is 42.5 Å². The van der Waals surface area contributed by atoms with Gasteiger partial charge in [-0.3, -0.25) is 0 Å². The summed E-state index contributed by atoms with van der Waals surface area (Å²) in [6.07, 6.45) is 0. The van der Waals surface area contributed by atoms with E-state index in [4.69, 9.17) is 20.5 Å². The first-order chi connectivity index (χ1) is 8.24. The van der Waals surface area contributed by atoms with Crippen LogP contribution < -0.4 is 10.1 Å². The molecule has 0 aliphatic carbocycles. The van der Waals surface area contributed by atoms with Crippen LogP contribution >= 0.6 is 0 Å². The minimum Gasteiger partial charge on any atom is -0.497 e. The molecule has 0 fully saturated rings. The van der Waals surface area contributed by atoms with Crippen molar-refractivity contribution >= 4 is 5.69 Å². The van der Waals surface area contributed by atoms with Gasteiger partial charge in [-0.1, -0.05) is 6.07 Å². The molecule has 1 rings (SSSR count). The lowest BCUT2D eigenvalue weighted by atomic mass is 10.2. The van der Waals surface area contributed by atoms with E-state index in [2.05, 4.69) is 5.32 Å². The van der Waals surface area contributed by atoms with Gasteiger partial charge in [0.15, 0.2) is 5.57 Å². The fourth-order valence-corrected chi connectivity index (χ4v) is 1.13. The summed E-state index contributed by atoms with van der Waals surface area (Å²) in [7, 11) is 1.52. The molecule has 1 aromatic rings. The van der Waals surface area contributed by atoms with E-state index in [0.717, 1.165) is 0 Å². The van der Waals surface area contributed by atoms with Gasteiger partial charge in [0.25, 0.3) is 0 Å². The Morgan fingerprint density at radius 3 is 2.41 bits per heavy atom. The fraction of sp³-hybridized carbons (Fsp3) is 0.0833. The predicted octanol–water partition coefficient (Wildman–Crippen LogP) is 1.93. The van der Waals surface area contributed by atoms with Gasteiger partial charge in [-0.25, -0.2) is 0 Å². The molecule has 0 aromatic heterocycles. The van der Waals surface area contributed by atoms with Gasteiger partial charge in [0.2, 0.25) is 0 Å². The Bertz CT molecular complexity index is 553. The Labute approximate surface area is 98.8 Å². The molecule has 5 heteroatoms. The Morgan fingerprint density at radius 1 is 1.18 bits per heavy atom. The number of nitriles is 3. The maximum Gasteiger partial charge on any atom is 0.163 e. The van der Waals surface area contributed by atoms with E-state index in [1.807, 2.05) is 0 Å². The number of methoxy groups -OCH3 is 1. The Kier molecular flexibility index (Phi) is 4.13. The van der Waals surface area contributed by atoms with Crippen molar-refractivity contribution in [3.05, 3.63) is 35.5 Å². The minimum atomic E-state index is -0.254. The van der Waals surface area contributed by atoms with Crippen LogP contribution in [0.5, 0.6) is 5.75 Å². The molecule has 0 unspecified atom stereocenters. The van der Waals surface area contributed by atoms with Gasteiger partial charge in [0, 0.05) is 11.8 Å². The standard InChI is InChI=1S/C12H8N4O/c1-17-11-4-2-3-10(5-11)16-12(8-15)9(6-13)7-14/h2-5,16H,1H3. The third-order valence-electron chi connectivity index (χ3n) is 1.92. The van der Waals surface area contributed by atoms with E-state index in [1.165, 1.54) is 7.11 Å². The first kappa shape index (κ1) is 12.1. The summed E-state index contributed by atoms with van der Waals surface area (Å²) in [4.78, 5) is 0. The van der Waals surface area contributed by atoms with Crippen molar-refractivity contribution in [2.75, 3.05) is 12.4 Å². The Hall–Kier alpha value is -2.97. The van der Waals surface area contributed by atoms with Crippen LogP contribution in [0.3, 0.4) is 0 Å². The molecule has 1 N–H and O–H groups in total. The highest BCUT2D eigenvalue weighted by atomic mass is 16.5. The number of ether oxygens (including phenoxy) is 1.